The minimum Gasteiger partial charge on any atom is -0.283 e. The van der Waals surface area contributed by atoms with Crippen molar-refractivity contribution >= 4 is 23.3 Å². The largest absolute Gasteiger partial charge is 0.340 e. The quantitative estimate of drug-likeness (QED) is 0.661. The van der Waals surface area contributed by atoms with Crippen molar-refractivity contribution in [2.75, 3.05) is 4.90 Å². The Morgan fingerprint density at radius 1 is 1.00 bits per heavy atom. The van der Waals surface area contributed by atoms with Crippen LogP contribution in [-0.2, 0) is 11.3 Å². The van der Waals surface area contributed by atoms with Crippen molar-refractivity contribution in [3.05, 3.63) is 82.7 Å². The van der Waals surface area contributed by atoms with Gasteiger partial charge in [-0.3, -0.25) is 29.7 Å². The average molecular weight is 365 g/mol. The Hall–Kier alpha value is -3.72. The third kappa shape index (κ3) is 3.00. The molecule has 2 aliphatic rings. The number of fused-ring (bicyclic) bond motifs is 1. The van der Waals surface area contributed by atoms with Gasteiger partial charge in [0.05, 0.1) is 11.5 Å². The van der Waals surface area contributed by atoms with Crippen molar-refractivity contribution in [3.8, 4) is 0 Å². The number of nitrogens with zero attached hydrogens (tertiary/aromatic N) is 4. The lowest BCUT2D eigenvalue weighted by molar-refractivity contribution is -0.384. The molecule has 1 atom stereocenters. The van der Waals surface area contributed by atoms with Crippen LogP contribution in [0.4, 0.5) is 16.2 Å². The van der Waals surface area contributed by atoms with Crippen LogP contribution in [0.5, 0.6) is 0 Å². The number of non-ortho nitro benzene ring substituents is 1. The van der Waals surface area contributed by atoms with Crippen LogP contribution in [0.2, 0.25) is 0 Å². The number of anilines is 1. The van der Waals surface area contributed by atoms with Gasteiger partial charge in [-0.05, 0) is 17.7 Å². The molecule has 1 fully saturated rings. The van der Waals surface area contributed by atoms with Crippen LogP contribution in [0.3, 0.4) is 0 Å². The molecular formula is C18H15N5O4. The van der Waals surface area contributed by atoms with Crippen molar-refractivity contribution in [1.82, 2.24) is 15.3 Å². The normalized spacial score (nSPS) is 18.8. The van der Waals surface area contributed by atoms with Gasteiger partial charge in [0.15, 0.2) is 6.17 Å². The average Bonchev–Trinajstić information content (AvgIpc) is 3.00. The molecule has 2 heterocycles. The number of hydrogen-bond acceptors (Lipinski definition) is 5. The van der Waals surface area contributed by atoms with Crippen LogP contribution in [-0.4, -0.2) is 32.9 Å². The number of nitro groups is 1. The van der Waals surface area contributed by atoms with Crippen LogP contribution in [0.15, 0.2) is 67.0 Å². The molecule has 0 radical (unpaired) electrons. The minimum atomic E-state index is -0.833. The molecule has 4 rings (SSSR count). The Balaban J connectivity index is 1.51. The number of nitrogens with one attached hydrogen (secondary N) is 1. The summed E-state index contributed by atoms with van der Waals surface area (Å²) in [6, 6.07) is 14.7. The summed E-state index contributed by atoms with van der Waals surface area (Å²) < 4.78 is 0. The molecule has 0 aromatic heterocycles. The number of nitro benzene ring substituents is 1. The number of rotatable bonds is 4. The number of carbonyl (C=O) groups excluding carboxylic acids is 2. The van der Waals surface area contributed by atoms with E-state index >= 15 is 0 Å². The topological polar surface area (TPSA) is 99.0 Å². The molecule has 2 aliphatic heterocycles. The van der Waals surface area contributed by atoms with Gasteiger partial charge in [-0.2, -0.15) is 5.43 Å². The van der Waals surface area contributed by atoms with E-state index in [1.54, 1.807) is 24.5 Å². The number of hydrazine groups is 1. The van der Waals surface area contributed by atoms with Gasteiger partial charge in [-0.1, -0.05) is 30.3 Å². The van der Waals surface area contributed by atoms with E-state index in [0.717, 1.165) is 0 Å². The zero-order valence-electron chi connectivity index (χ0n) is 14.1. The fourth-order valence-electron chi connectivity index (χ4n) is 3.00. The molecule has 1 unspecified atom stereocenters. The van der Waals surface area contributed by atoms with Crippen molar-refractivity contribution in [2.24, 2.45) is 0 Å². The van der Waals surface area contributed by atoms with Gasteiger partial charge in [0.1, 0.15) is 0 Å². The molecule has 2 aromatic rings. The van der Waals surface area contributed by atoms with E-state index in [4.69, 9.17) is 0 Å². The highest BCUT2D eigenvalue weighted by Crippen LogP contribution is 2.25. The number of para-hydroxylation sites is 1. The summed E-state index contributed by atoms with van der Waals surface area (Å²) in [5.74, 6) is -0.275. The zero-order valence-corrected chi connectivity index (χ0v) is 14.1. The second kappa shape index (κ2) is 6.54. The highest BCUT2D eigenvalue weighted by Gasteiger charge is 2.44. The molecule has 27 heavy (non-hydrogen) atoms. The predicted molar refractivity (Wildman–Crippen MR) is 95.9 cm³/mol. The predicted octanol–water partition coefficient (Wildman–Crippen LogP) is 2.18. The van der Waals surface area contributed by atoms with Gasteiger partial charge in [0, 0.05) is 30.2 Å². The first kappa shape index (κ1) is 16.7. The summed E-state index contributed by atoms with van der Waals surface area (Å²) in [7, 11) is 0. The number of urea groups is 1. The molecule has 0 spiro atoms. The van der Waals surface area contributed by atoms with Gasteiger partial charge in [0.25, 0.3) is 11.6 Å². The Bertz CT molecular complexity index is 929. The monoisotopic (exact) mass is 365 g/mol. The molecule has 1 saturated heterocycles. The summed E-state index contributed by atoms with van der Waals surface area (Å²) in [6.07, 6.45) is 2.29. The van der Waals surface area contributed by atoms with Crippen LogP contribution in [0, 0.1) is 10.1 Å². The number of benzene rings is 2. The molecule has 0 aliphatic carbocycles. The Kier molecular flexibility index (Phi) is 4.05. The SMILES string of the molecule is O=C1C2NN(Cc3ccc([N+](=O)[O-])cc3)C(=O)N2C=CN1c1ccccc1. The molecule has 9 nitrogen and oxygen atoms in total. The first-order valence-electron chi connectivity index (χ1n) is 8.20. The molecule has 0 saturated carbocycles. The fourth-order valence-corrected chi connectivity index (χ4v) is 3.00. The van der Waals surface area contributed by atoms with Gasteiger partial charge in [-0.15, -0.1) is 0 Å². The lowest BCUT2D eigenvalue weighted by atomic mass is 10.2. The first-order valence-corrected chi connectivity index (χ1v) is 8.20. The maximum Gasteiger partial charge on any atom is 0.340 e. The number of hydrogen-bond donors (Lipinski definition) is 1. The summed E-state index contributed by atoms with van der Waals surface area (Å²) in [5, 5.41) is 12.1. The second-order valence-corrected chi connectivity index (χ2v) is 6.07. The van der Waals surface area contributed by atoms with E-state index in [2.05, 4.69) is 5.43 Å². The van der Waals surface area contributed by atoms with Gasteiger partial charge in [-0.25, -0.2) is 4.79 Å². The molecular weight excluding hydrogens is 350 g/mol. The van der Waals surface area contributed by atoms with Gasteiger partial charge in [0.2, 0.25) is 0 Å². The fraction of sp³-hybridized carbons (Fsp3) is 0.111. The van der Waals surface area contributed by atoms with Gasteiger partial charge < -0.3 is 0 Å². The van der Waals surface area contributed by atoms with Crippen molar-refractivity contribution in [3.63, 3.8) is 0 Å². The van der Waals surface area contributed by atoms with Crippen LogP contribution >= 0.6 is 0 Å². The highest BCUT2D eigenvalue weighted by atomic mass is 16.6. The van der Waals surface area contributed by atoms with E-state index < -0.39 is 11.1 Å². The van der Waals surface area contributed by atoms with E-state index in [9.17, 15) is 19.7 Å². The zero-order chi connectivity index (χ0) is 19.0. The second-order valence-electron chi connectivity index (χ2n) is 6.07. The van der Waals surface area contributed by atoms with Crippen LogP contribution in [0.25, 0.3) is 0 Å². The van der Waals surface area contributed by atoms with E-state index in [0.29, 0.717) is 11.3 Å². The Morgan fingerprint density at radius 2 is 1.70 bits per heavy atom. The minimum absolute atomic E-state index is 0.0199. The van der Waals surface area contributed by atoms with Crippen molar-refractivity contribution < 1.29 is 14.5 Å². The standard InChI is InChI=1S/C18H15N5O4/c24-17-16-19-22(12-13-6-8-15(9-7-13)23(26)27)18(25)21(16)11-10-20(17)14-4-2-1-3-5-14/h1-11,16,19H,12H2. The smallest absolute Gasteiger partial charge is 0.283 e. The van der Waals surface area contributed by atoms with Crippen molar-refractivity contribution in [2.45, 2.75) is 12.7 Å². The summed E-state index contributed by atoms with van der Waals surface area (Å²) in [6.45, 7) is 0.177. The lowest BCUT2D eigenvalue weighted by Crippen LogP contribution is -2.51. The summed E-state index contributed by atoms with van der Waals surface area (Å²) in [4.78, 5) is 38.4. The van der Waals surface area contributed by atoms with E-state index in [1.807, 2.05) is 30.3 Å². The molecule has 2 aromatic carbocycles. The van der Waals surface area contributed by atoms with Crippen molar-refractivity contribution in [1.29, 1.82) is 0 Å². The first-order chi connectivity index (χ1) is 13.0. The number of amides is 3. The number of carbonyl (C=O) groups is 2. The van der Waals surface area contributed by atoms with E-state index in [1.165, 1.54) is 26.9 Å². The third-order valence-electron chi connectivity index (χ3n) is 4.38. The molecule has 3 amide bonds. The highest BCUT2D eigenvalue weighted by molar-refractivity contribution is 6.02. The van der Waals surface area contributed by atoms with E-state index in [-0.39, 0.29) is 24.2 Å². The lowest BCUT2D eigenvalue weighted by Gasteiger charge is -2.29. The third-order valence-corrected chi connectivity index (χ3v) is 4.38. The Morgan fingerprint density at radius 3 is 2.37 bits per heavy atom. The maximum atomic E-state index is 12.8. The summed E-state index contributed by atoms with van der Waals surface area (Å²) >= 11 is 0. The molecule has 0 bridgehead atoms. The van der Waals surface area contributed by atoms with Crippen LogP contribution < -0.4 is 10.3 Å². The molecule has 136 valence electrons. The van der Waals surface area contributed by atoms with Crippen LogP contribution in [0.1, 0.15) is 5.56 Å². The van der Waals surface area contributed by atoms with Gasteiger partial charge >= 0.3 is 6.03 Å². The Labute approximate surface area is 154 Å². The molecule has 1 N–H and O–H groups in total. The summed E-state index contributed by atoms with van der Waals surface area (Å²) in [5.41, 5.74) is 4.31. The maximum absolute atomic E-state index is 12.8. The molecule has 9 heteroatoms.